The SMILES string of the molecule is [2H]C([2H])(O)c1cccc2c1c(C)c(SC)n2C. The van der Waals surface area contributed by atoms with Crippen LogP contribution in [0.1, 0.15) is 13.9 Å². The number of hydrogen-bond acceptors (Lipinski definition) is 2. The number of fused-ring (bicyclic) bond motifs is 1. The number of benzene rings is 1. The Morgan fingerprint density at radius 1 is 1.53 bits per heavy atom. The second-order valence-electron chi connectivity index (χ2n) is 3.50. The van der Waals surface area contributed by atoms with Crippen LogP contribution >= 0.6 is 11.8 Å². The summed E-state index contributed by atoms with van der Waals surface area (Å²) in [5.74, 6) is 0. The van der Waals surface area contributed by atoms with Crippen molar-refractivity contribution in [3.8, 4) is 0 Å². The maximum Gasteiger partial charge on any atom is 0.0783 e. The number of hydrogen-bond donors (Lipinski definition) is 1. The first-order valence-corrected chi connectivity index (χ1v) is 5.95. The summed E-state index contributed by atoms with van der Waals surface area (Å²) in [5, 5.41) is 11.5. The van der Waals surface area contributed by atoms with Gasteiger partial charge in [0.15, 0.2) is 0 Å². The molecule has 0 fully saturated rings. The highest BCUT2D eigenvalue weighted by atomic mass is 32.2. The van der Waals surface area contributed by atoms with E-state index in [-0.39, 0.29) is 0 Å². The van der Waals surface area contributed by atoms with Crippen LogP contribution in [0.25, 0.3) is 10.9 Å². The molecule has 15 heavy (non-hydrogen) atoms. The fourth-order valence-corrected chi connectivity index (χ4v) is 2.85. The van der Waals surface area contributed by atoms with Crippen molar-refractivity contribution in [3.63, 3.8) is 0 Å². The van der Waals surface area contributed by atoms with E-state index in [0.717, 1.165) is 21.5 Å². The molecule has 0 unspecified atom stereocenters. The van der Waals surface area contributed by atoms with E-state index in [9.17, 15) is 5.11 Å². The molecule has 0 bridgehead atoms. The fourth-order valence-electron chi connectivity index (χ4n) is 2.06. The fraction of sp³-hybridized carbons (Fsp3) is 0.333. The van der Waals surface area contributed by atoms with Gasteiger partial charge in [-0.05, 0) is 30.4 Å². The average Bonchev–Trinajstić information content (AvgIpc) is 2.50. The van der Waals surface area contributed by atoms with Crippen LogP contribution < -0.4 is 0 Å². The normalized spacial score (nSPS) is 14.1. The van der Waals surface area contributed by atoms with Crippen molar-refractivity contribution in [3.05, 3.63) is 29.3 Å². The van der Waals surface area contributed by atoms with Crippen LogP contribution in [0.2, 0.25) is 0 Å². The molecule has 2 rings (SSSR count). The van der Waals surface area contributed by atoms with Crippen LogP contribution in [0.15, 0.2) is 23.2 Å². The lowest BCUT2D eigenvalue weighted by Crippen LogP contribution is -1.89. The van der Waals surface area contributed by atoms with E-state index in [1.54, 1.807) is 23.9 Å². The van der Waals surface area contributed by atoms with Gasteiger partial charge in [0.05, 0.1) is 14.3 Å². The topological polar surface area (TPSA) is 25.2 Å². The van der Waals surface area contributed by atoms with Crippen molar-refractivity contribution in [2.24, 2.45) is 7.05 Å². The van der Waals surface area contributed by atoms with Gasteiger partial charge < -0.3 is 9.67 Å². The number of aliphatic hydroxyl groups is 1. The minimum Gasteiger partial charge on any atom is -0.392 e. The Hall–Kier alpha value is -0.930. The predicted molar refractivity (Wildman–Crippen MR) is 65.4 cm³/mol. The van der Waals surface area contributed by atoms with Gasteiger partial charge >= 0.3 is 0 Å². The third kappa shape index (κ3) is 1.46. The summed E-state index contributed by atoms with van der Waals surface area (Å²) in [6.07, 6.45) is 1.99. The quantitative estimate of drug-likeness (QED) is 0.792. The standard InChI is InChI=1S/C12H15NOS/c1-8-11-9(7-14)5-4-6-10(11)13(2)12(8)15-3/h4-6,14H,7H2,1-3H3/i7D2. The molecule has 0 aliphatic carbocycles. The van der Waals surface area contributed by atoms with Gasteiger partial charge in [-0.2, -0.15) is 0 Å². The lowest BCUT2D eigenvalue weighted by atomic mass is 10.1. The van der Waals surface area contributed by atoms with Gasteiger partial charge in [0.2, 0.25) is 0 Å². The van der Waals surface area contributed by atoms with E-state index in [2.05, 4.69) is 0 Å². The number of rotatable bonds is 2. The molecule has 1 heterocycles. The van der Waals surface area contributed by atoms with Gasteiger partial charge in [0, 0.05) is 18.0 Å². The molecule has 0 amide bonds. The van der Waals surface area contributed by atoms with Crippen LogP contribution in [0.3, 0.4) is 0 Å². The molecule has 1 aromatic heterocycles. The van der Waals surface area contributed by atoms with Crippen molar-refractivity contribution in [2.75, 3.05) is 6.26 Å². The van der Waals surface area contributed by atoms with Crippen molar-refractivity contribution in [2.45, 2.75) is 18.5 Å². The van der Waals surface area contributed by atoms with E-state index in [1.807, 2.05) is 30.9 Å². The molecule has 0 atom stereocenters. The molecule has 0 radical (unpaired) electrons. The Morgan fingerprint density at radius 2 is 2.27 bits per heavy atom. The third-order valence-electron chi connectivity index (χ3n) is 2.72. The number of thioether (sulfide) groups is 1. The minimum absolute atomic E-state index is 0.336. The summed E-state index contributed by atoms with van der Waals surface area (Å²) in [5.41, 5.74) is 2.30. The summed E-state index contributed by atoms with van der Waals surface area (Å²) in [6.45, 7) is -0.343. The van der Waals surface area contributed by atoms with Gasteiger partial charge in [0.25, 0.3) is 0 Å². The molecule has 0 spiro atoms. The Balaban J connectivity index is 2.90. The van der Waals surface area contributed by atoms with Crippen LogP contribution in [-0.2, 0) is 13.6 Å². The van der Waals surface area contributed by atoms with Crippen molar-refractivity contribution in [1.82, 2.24) is 4.57 Å². The predicted octanol–water partition coefficient (Wildman–Crippen LogP) is 2.70. The maximum atomic E-state index is 9.60. The largest absolute Gasteiger partial charge is 0.392 e. The summed E-state index contributed by atoms with van der Waals surface area (Å²) in [4.78, 5) is 0. The van der Waals surface area contributed by atoms with E-state index < -0.39 is 6.56 Å². The Morgan fingerprint density at radius 3 is 2.87 bits per heavy atom. The zero-order valence-corrected chi connectivity index (χ0v) is 9.85. The van der Waals surface area contributed by atoms with Gasteiger partial charge in [-0.15, -0.1) is 11.8 Å². The Kier molecular flexibility index (Phi) is 2.15. The first-order valence-electron chi connectivity index (χ1n) is 5.72. The summed E-state index contributed by atoms with van der Waals surface area (Å²) in [7, 11) is 1.96. The third-order valence-corrected chi connectivity index (χ3v) is 3.68. The molecule has 80 valence electrons. The molecule has 2 aromatic rings. The van der Waals surface area contributed by atoms with E-state index in [0.29, 0.717) is 5.56 Å². The molecule has 2 nitrogen and oxygen atoms in total. The van der Waals surface area contributed by atoms with Gasteiger partial charge in [-0.25, -0.2) is 0 Å². The minimum atomic E-state index is -2.30. The zero-order valence-electron chi connectivity index (χ0n) is 11.0. The first kappa shape index (κ1) is 8.25. The Bertz CT molecular complexity index is 572. The molecular formula is C12H15NOS. The van der Waals surface area contributed by atoms with Gasteiger partial charge in [-0.3, -0.25) is 0 Å². The van der Waals surface area contributed by atoms with Crippen LogP contribution in [0.5, 0.6) is 0 Å². The number of aromatic nitrogens is 1. The van der Waals surface area contributed by atoms with Gasteiger partial charge in [0.1, 0.15) is 0 Å². The van der Waals surface area contributed by atoms with Crippen LogP contribution in [-0.4, -0.2) is 15.9 Å². The summed E-state index contributed by atoms with van der Waals surface area (Å²) < 4.78 is 17.0. The van der Waals surface area contributed by atoms with E-state index in [1.165, 1.54) is 0 Å². The molecular weight excluding hydrogens is 206 g/mol. The first-order chi connectivity index (χ1) is 7.88. The molecule has 0 saturated carbocycles. The van der Waals surface area contributed by atoms with Crippen molar-refractivity contribution < 1.29 is 7.85 Å². The van der Waals surface area contributed by atoms with E-state index in [4.69, 9.17) is 2.74 Å². The molecule has 3 heteroatoms. The Labute approximate surface area is 96.7 Å². The average molecular weight is 223 g/mol. The lowest BCUT2D eigenvalue weighted by Gasteiger charge is -2.01. The van der Waals surface area contributed by atoms with E-state index >= 15 is 0 Å². The second-order valence-corrected chi connectivity index (χ2v) is 4.30. The van der Waals surface area contributed by atoms with Gasteiger partial charge in [-0.1, -0.05) is 12.1 Å². The molecule has 0 saturated heterocycles. The monoisotopic (exact) mass is 223 g/mol. The van der Waals surface area contributed by atoms with Crippen molar-refractivity contribution >= 4 is 22.7 Å². The molecule has 1 N–H and O–H groups in total. The number of aryl methyl sites for hydroxylation is 2. The molecule has 0 aliphatic heterocycles. The van der Waals surface area contributed by atoms with Crippen LogP contribution in [0.4, 0.5) is 0 Å². The number of nitrogens with zero attached hydrogens (tertiary/aromatic N) is 1. The highest BCUT2D eigenvalue weighted by molar-refractivity contribution is 7.98. The van der Waals surface area contributed by atoms with Crippen LogP contribution in [0, 0.1) is 6.92 Å². The highest BCUT2D eigenvalue weighted by Gasteiger charge is 2.12. The lowest BCUT2D eigenvalue weighted by molar-refractivity contribution is 0.283. The zero-order chi connectivity index (χ0) is 12.8. The summed E-state index contributed by atoms with van der Waals surface area (Å²) in [6, 6.07) is 5.35. The second kappa shape index (κ2) is 3.91. The summed E-state index contributed by atoms with van der Waals surface area (Å²) >= 11 is 1.63. The highest BCUT2D eigenvalue weighted by Crippen LogP contribution is 2.32. The molecule has 0 aliphatic rings. The maximum absolute atomic E-state index is 9.60. The van der Waals surface area contributed by atoms with Crippen molar-refractivity contribution in [1.29, 1.82) is 0 Å². The smallest absolute Gasteiger partial charge is 0.0783 e. The molecule has 1 aromatic carbocycles.